The van der Waals surface area contributed by atoms with Crippen molar-refractivity contribution in [2.45, 2.75) is 0 Å². The maximum absolute atomic E-state index is 12.0. The van der Waals surface area contributed by atoms with E-state index in [0.29, 0.717) is 17.2 Å². The minimum absolute atomic E-state index is 0.0418. The topological polar surface area (TPSA) is 53.4 Å². The van der Waals surface area contributed by atoms with E-state index >= 15 is 0 Å². The maximum Gasteiger partial charge on any atom is 0.221 e. The number of hydrogen-bond acceptors (Lipinski definition) is 4. The Morgan fingerprint density at radius 3 is 2.72 bits per heavy atom. The van der Waals surface area contributed by atoms with E-state index in [9.17, 15) is 4.79 Å². The minimum Gasteiger partial charge on any atom is -0.493 e. The summed E-state index contributed by atoms with van der Waals surface area (Å²) in [7, 11) is 3.20. The number of nitrogens with zero attached hydrogens (tertiary/aromatic N) is 2. The van der Waals surface area contributed by atoms with Crippen molar-refractivity contribution in [3.05, 3.63) is 42.2 Å². The van der Waals surface area contributed by atoms with Crippen LogP contribution in [0.25, 0.3) is 0 Å². The summed E-state index contributed by atoms with van der Waals surface area (Å²) in [5.41, 5.74) is 0.411. The number of methoxy groups -OCH3 is 1. The van der Waals surface area contributed by atoms with E-state index in [4.69, 9.17) is 9.47 Å². The molecule has 0 spiro atoms. The van der Waals surface area contributed by atoms with Gasteiger partial charge in [0.25, 0.3) is 0 Å². The van der Waals surface area contributed by atoms with Crippen molar-refractivity contribution in [1.29, 1.82) is 0 Å². The molecular weight excluding hydrogens is 232 g/mol. The molecule has 0 bridgehead atoms. The molecule has 0 saturated carbocycles. The molecule has 1 aromatic heterocycles. The van der Waals surface area contributed by atoms with Gasteiger partial charge in [-0.1, -0.05) is 18.2 Å². The van der Waals surface area contributed by atoms with Crippen LogP contribution in [0.15, 0.2) is 36.5 Å². The first kappa shape index (κ1) is 12.2. The second-order valence-electron chi connectivity index (χ2n) is 3.71. The summed E-state index contributed by atoms with van der Waals surface area (Å²) in [4.78, 5) is 12.0. The third kappa shape index (κ3) is 2.51. The highest BCUT2D eigenvalue weighted by molar-refractivity contribution is 5.98. The Labute approximate surface area is 105 Å². The molecule has 0 amide bonds. The lowest BCUT2D eigenvalue weighted by Crippen LogP contribution is -2.16. The molecule has 0 aliphatic rings. The van der Waals surface area contributed by atoms with Gasteiger partial charge in [-0.3, -0.25) is 9.48 Å². The number of carbonyl (C=O) groups is 1. The Morgan fingerprint density at radius 1 is 1.33 bits per heavy atom. The zero-order chi connectivity index (χ0) is 13.0. The summed E-state index contributed by atoms with van der Waals surface area (Å²) in [5, 5.41) is 3.98. The summed E-state index contributed by atoms with van der Waals surface area (Å²) in [6.45, 7) is -0.0418. The number of aromatic nitrogens is 2. The van der Waals surface area contributed by atoms with Crippen molar-refractivity contribution in [1.82, 2.24) is 9.78 Å². The fraction of sp³-hybridized carbons (Fsp3) is 0.231. The fourth-order valence-corrected chi connectivity index (χ4v) is 1.62. The summed E-state index contributed by atoms with van der Waals surface area (Å²) in [6, 6.07) is 9.19. The number of aryl methyl sites for hydroxylation is 1. The summed E-state index contributed by atoms with van der Waals surface area (Å²) < 4.78 is 12.0. The number of Topliss-reactive ketones (excluding diaryl/α,β-unsaturated/α-hetero) is 1. The lowest BCUT2D eigenvalue weighted by molar-refractivity contribution is 0.0909. The van der Waals surface area contributed by atoms with Gasteiger partial charge in [-0.05, 0) is 12.1 Å². The monoisotopic (exact) mass is 246 g/mol. The standard InChI is InChI=1S/C13H14N2O3/c1-15-13(12(17-2)8-14-15)11(16)9-18-10-6-4-3-5-7-10/h3-8H,9H2,1-2H3. The molecule has 5 nitrogen and oxygen atoms in total. The first-order valence-corrected chi connectivity index (χ1v) is 5.49. The highest BCUT2D eigenvalue weighted by Crippen LogP contribution is 2.17. The first-order valence-electron chi connectivity index (χ1n) is 5.49. The zero-order valence-electron chi connectivity index (χ0n) is 10.3. The molecule has 0 fully saturated rings. The molecule has 0 N–H and O–H groups in total. The summed E-state index contributed by atoms with van der Waals surface area (Å²) in [6.07, 6.45) is 1.51. The second kappa shape index (κ2) is 5.35. The van der Waals surface area contributed by atoms with E-state index in [2.05, 4.69) is 5.10 Å². The molecule has 94 valence electrons. The zero-order valence-corrected chi connectivity index (χ0v) is 10.3. The lowest BCUT2D eigenvalue weighted by atomic mass is 10.3. The van der Waals surface area contributed by atoms with Crippen LogP contribution in [0.3, 0.4) is 0 Å². The van der Waals surface area contributed by atoms with E-state index in [1.807, 2.05) is 18.2 Å². The Bertz CT molecular complexity index is 534. The number of ether oxygens (including phenoxy) is 2. The average Bonchev–Trinajstić information content (AvgIpc) is 2.78. The van der Waals surface area contributed by atoms with Gasteiger partial charge in [0.1, 0.15) is 11.4 Å². The van der Waals surface area contributed by atoms with Gasteiger partial charge in [-0.15, -0.1) is 0 Å². The van der Waals surface area contributed by atoms with Crippen LogP contribution in [0, 0.1) is 0 Å². The van der Waals surface area contributed by atoms with Crippen molar-refractivity contribution >= 4 is 5.78 Å². The maximum atomic E-state index is 12.0. The van der Waals surface area contributed by atoms with Gasteiger partial charge in [-0.25, -0.2) is 0 Å². The van der Waals surface area contributed by atoms with Gasteiger partial charge in [-0.2, -0.15) is 5.10 Å². The highest BCUT2D eigenvalue weighted by atomic mass is 16.5. The molecule has 2 aromatic rings. The molecule has 0 radical (unpaired) electrons. The molecular formula is C13H14N2O3. The van der Waals surface area contributed by atoms with Crippen molar-refractivity contribution in [2.75, 3.05) is 13.7 Å². The second-order valence-corrected chi connectivity index (χ2v) is 3.71. The molecule has 1 aromatic carbocycles. The van der Waals surface area contributed by atoms with Crippen LogP contribution >= 0.6 is 0 Å². The van der Waals surface area contributed by atoms with Gasteiger partial charge in [0.15, 0.2) is 12.4 Å². The SMILES string of the molecule is COc1cnn(C)c1C(=O)COc1ccccc1. The minimum atomic E-state index is -0.171. The van der Waals surface area contributed by atoms with Gasteiger partial charge in [0, 0.05) is 7.05 Å². The molecule has 18 heavy (non-hydrogen) atoms. The predicted molar refractivity (Wildman–Crippen MR) is 66.0 cm³/mol. The van der Waals surface area contributed by atoms with E-state index in [1.54, 1.807) is 19.2 Å². The Balaban J connectivity index is 2.06. The van der Waals surface area contributed by atoms with Crippen molar-refractivity contribution in [3.8, 4) is 11.5 Å². The van der Waals surface area contributed by atoms with E-state index in [1.165, 1.54) is 18.0 Å². The third-order valence-electron chi connectivity index (χ3n) is 2.50. The fourth-order valence-electron chi connectivity index (χ4n) is 1.62. The van der Waals surface area contributed by atoms with Crippen LogP contribution in [0.5, 0.6) is 11.5 Å². The molecule has 0 aliphatic carbocycles. The highest BCUT2D eigenvalue weighted by Gasteiger charge is 2.17. The summed E-state index contributed by atoms with van der Waals surface area (Å²) in [5.74, 6) is 0.946. The number of para-hydroxylation sites is 1. The Kier molecular flexibility index (Phi) is 3.62. The predicted octanol–water partition coefficient (Wildman–Crippen LogP) is 1.69. The van der Waals surface area contributed by atoms with Crippen LogP contribution < -0.4 is 9.47 Å². The lowest BCUT2D eigenvalue weighted by Gasteiger charge is -2.06. The van der Waals surface area contributed by atoms with Crippen LogP contribution in [-0.4, -0.2) is 29.3 Å². The van der Waals surface area contributed by atoms with Gasteiger partial charge in [0.2, 0.25) is 5.78 Å². The van der Waals surface area contributed by atoms with Gasteiger partial charge < -0.3 is 9.47 Å². The number of rotatable bonds is 5. The van der Waals surface area contributed by atoms with Gasteiger partial charge in [0.05, 0.1) is 13.3 Å². The number of benzene rings is 1. The van der Waals surface area contributed by atoms with Crippen molar-refractivity contribution < 1.29 is 14.3 Å². The van der Waals surface area contributed by atoms with Crippen molar-refractivity contribution in [3.63, 3.8) is 0 Å². The van der Waals surface area contributed by atoms with E-state index in [0.717, 1.165) is 0 Å². The normalized spacial score (nSPS) is 10.1. The first-order chi connectivity index (χ1) is 8.72. The molecule has 0 unspecified atom stereocenters. The Hall–Kier alpha value is -2.30. The quantitative estimate of drug-likeness (QED) is 0.753. The molecule has 1 heterocycles. The van der Waals surface area contributed by atoms with E-state index in [-0.39, 0.29) is 12.4 Å². The number of hydrogen-bond donors (Lipinski definition) is 0. The molecule has 2 rings (SSSR count). The van der Waals surface area contributed by atoms with Crippen LogP contribution in [0.2, 0.25) is 0 Å². The number of carbonyl (C=O) groups excluding carboxylic acids is 1. The van der Waals surface area contributed by atoms with E-state index < -0.39 is 0 Å². The van der Waals surface area contributed by atoms with Crippen LogP contribution in [-0.2, 0) is 7.05 Å². The molecule has 0 atom stereocenters. The Morgan fingerprint density at radius 2 is 2.06 bits per heavy atom. The summed E-state index contributed by atoms with van der Waals surface area (Å²) >= 11 is 0. The van der Waals surface area contributed by atoms with Crippen molar-refractivity contribution in [2.24, 2.45) is 7.05 Å². The van der Waals surface area contributed by atoms with Crippen LogP contribution in [0.4, 0.5) is 0 Å². The molecule has 0 saturated heterocycles. The van der Waals surface area contributed by atoms with Crippen LogP contribution in [0.1, 0.15) is 10.5 Å². The largest absolute Gasteiger partial charge is 0.493 e. The molecule has 5 heteroatoms. The average molecular weight is 246 g/mol. The van der Waals surface area contributed by atoms with Gasteiger partial charge >= 0.3 is 0 Å². The molecule has 0 aliphatic heterocycles. The number of ketones is 1. The smallest absolute Gasteiger partial charge is 0.221 e. The third-order valence-corrected chi connectivity index (χ3v) is 2.50.